The van der Waals surface area contributed by atoms with E-state index in [1.54, 1.807) is 32.2 Å². The number of benzene rings is 2. The lowest BCUT2D eigenvalue weighted by molar-refractivity contribution is -0.140. The van der Waals surface area contributed by atoms with Gasteiger partial charge in [-0.25, -0.2) is 9.59 Å². The normalized spacial score (nSPS) is 14.6. The monoisotopic (exact) mass is 491 g/mol. The molecule has 1 atom stereocenters. The third-order valence-electron chi connectivity index (χ3n) is 6.24. The van der Waals surface area contributed by atoms with Crippen molar-refractivity contribution in [3.63, 3.8) is 0 Å². The highest BCUT2D eigenvalue weighted by Gasteiger charge is 2.37. The predicted molar refractivity (Wildman–Crippen MR) is 135 cm³/mol. The highest BCUT2D eigenvalue weighted by molar-refractivity contribution is 5.94. The molecule has 9 heteroatoms. The standard InChI is InChI=1S/C27H29N3O6/c1-6-35-19-13-12-18(14-20(19)34-5)22-21(26(32)36-15-17-10-8-7-9-11-17)16(2)28-24-23(22)25(31)30(4)27(33)29(24)3/h7-14,22,28H,6,15H2,1-5H3. The van der Waals surface area contributed by atoms with E-state index < -0.39 is 23.1 Å². The van der Waals surface area contributed by atoms with Crippen molar-refractivity contribution < 1.29 is 19.0 Å². The summed E-state index contributed by atoms with van der Waals surface area (Å²) in [5.74, 6) is -0.0353. The van der Waals surface area contributed by atoms with Crippen molar-refractivity contribution in [2.24, 2.45) is 14.1 Å². The molecule has 188 valence electrons. The Kier molecular flexibility index (Phi) is 7.00. The molecule has 1 N–H and O–H groups in total. The number of allylic oxidation sites excluding steroid dienone is 1. The zero-order valence-corrected chi connectivity index (χ0v) is 21.0. The fourth-order valence-corrected chi connectivity index (χ4v) is 4.43. The minimum atomic E-state index is -0.806. The van der Waals surface area contributed by atoms with Crippen molar-refractivity contribution in [3.05, 3.63) is 97.3 Å². The van der Waals surface area contributed by atoms with Gasteiger partial charge in [0.25, 0.3) is 5.56 Å². The number of fused-ring (bicyclic) bond motifs is 1. The number of anilines is 1. The van der Waals surface area contributed by atoms with E-state index in [9.17, 15) is 14.4 Å². The average Bonchev–Trinajstić information content (AvgIpc) is 2.89. The molecule has 1 aliphatic heterocycles. The number of hydrogen-bond donors (Lipinski definition) is 1. The molecule has 0 amide bonds. The first-order valence-corrected chi connectivity index (χ1v) is 11.6. The fourth-order valence-electron chi connectivity index (χ4n) is 4.43. The second-order valence-electron chi connectivity index (χ2n) is 8.47. The summed E-state index contributed by atoms with van der Waals surface area (Å²) in [5, 5.41) is 3.10. The van der Waals surface area contributed by atoms with Crippen LogP contribution < -0.4 is 26.0 Å². The summed E-state index contributed by atoms with van der Waals surface area (Å²) in [4.78, 5) is 39.6. The molecule has 0 bridgehead atoms. The van der Waals surface area contributed by atoms with Crippen LogP contribution in [0.25, 0.3) is 0 Å². The number of hydrogen-bond acceptors (Lipinski definition) is 7. The van der Waals surface area contributed by atoms with Gasteiger partial charge in [-0.1, -0.05) is 36.4 Å². The van der Waals surface area contributed by atoms with Crippen LogP contribution in [-0.2, 0) is 30.2 Å². The van der Waals surface area contributed by atoms with Crippen LogP contribution in [0.1, 0.15) is 36.5 Å². The Morgan fingerprint density at radius 2 is 1.75 bits per heavy atom. The minimum Gasteiger partial charge on any atom is -0.493 e. The lowest BCUT2D eigenvalue weighted by atomic mass is 9.82. The van der Waals surface area contributed by atoms with E-state index >= 15 is 0 Å². The Hall–Kier alpha value is -4.27. The van der Waals surface area contributed by atoms with Crippen molar-refractivity contribution in [1.82, 2.24) is 9.13 Å². The zero-order valence-electron chi connectivity index (χ0n) is 21.0. The van der Waals surface area contributed by atoms with Gasteiger partial charge in [-0.3, -0.25) is 13.9 Å². The third kappa shape index (κ3) is 4.39. The number of carbonyl (C=O) groups excluding carboxylic acids is 1. The molecular formula is C27H29N3O6. The molecule has 0 spiro atoms. The van der Waals surface area contributed by atoms with E-state index in [1.165, 1.54) is 18.7 Å². The zero-order chi connectivity index (χ0) is 26.0. The topological polar surface area (TPSA) is 101 Å². The molecule has 4 rings (SSSR count). The maximum atomic E-state index is 13.5. The first kappa shape index (κ1) is 24.8. The average molecular weight is 492 g/mol. The first-order chi connectivity index (χ1) is 17.3. The summed E-state index contributed by atoms with van der Waals surface area (Å²) in [7, 11) is 4.52. The minimum absolute atomic E-state index is 0.0773. The summed E-state index contributed by atoms with van der Waals surface area (Å²) in [5.41, 5.74) is 1.52. The smallest absolute Gasteiger partial charge is 0.337 e. The van der Waals surface area contributed by atoms with Gasteiger partial charge in [0.15, 0.2) is 11.5 Å². The molecule has 1 unspecified atom stereocenters. The molecule has 1 aliphatic rings. The van der Waals surface area contributed by atoms with Gasteiger partial charge in [-0.15, -0.1) is 0 Å². The summed E-state index contributed by atoms with van der Waals surface area (Å²) in [6, 6.07) is 14.6. The molecular weight excluding hydrogens is 462 g/mol. The maximum absolute atomic E-state index is 13.5. The lowest BCUT2D eigenvalue weighted by Gasteiger charge is -2.31. The van der Waals surface area contributed by atoms with E-state index in [1.807, 2.05) is 37.3 Å². The Morgan fingerprint density at radius 3 is 2.42 bits per heavy atom. The van der Waals surface area contributed by atoms with Gasteiger partial charge in [0.2, 0.25) is 0 Å². The molecule has 2 aromatic carbocycles. The highest BCUT2D eigenvalue weighted by Crippen LogP contribution is 2.42. The van der Waals surface area contributed by atoms with Gasteiger partial charge in [0.05, 0.1) is 30.8 Å². The molecule has 3 aromatic rings. The lowest BCUT2D eigenvalue weighted by Crippen LogP contribution is -2.43. The number of esters is 1. The SMILES string of the molecule is CCOc1ccc(C2C(C(=O)OCc3ccccc3)=C(C)Nc3c2c(=O)n(C)c(=O)n3C)cc1OC. The first-order valence-electron chi connectivity index (χ1n) is 11.6. The summed E-state index contributed by atoms with van der Waals surface area (Å²) in [6.07, 6.45) is 0. The number of carbonyl (C=O) groups is 1. The molecule has 9 nitrogen and oxygen atoms in total. The van der Waals surface area contributed by atoms with E-state index in [0.29, 0.717) is 35.2 Å². The second kappa shape index (κ2) is 10.2. The molecule has 2 heterocycles. The van der Waals surface area contributed by atoms with Crippen LogP contribution in [0, 0.1) is 0 Å². The van der Waals surface area contributed by atoms with Crippen LogP contribution in [0.3, 0.4) is 0 Å². The van der Waals surface area contributed by atoms with Crippen molar-refractivity contribution >= 4 is 11.8 Å². The van der Waals surface area contributed by atoms with E-state index in [2.05, 4.69) is 5.32 Å². The third-order valence-corrected chi connectivity index (χ3v) is 6.24. The van der Waals surface area contributed by atoms with Crippen molar-refractivity contribution in [1.29, 1.82) is 0 Å². The van der Waals surface area contributed by atoms with Crippen LogP contribution in [-0.4, -0.2) is 28.8 Å². The predicted octanol–water partition coefficient (Wildman–Crippen LogP) is 3.07. The summed E-state index contributed by atoms with van der Waals surface area (Å²) in [6.45, 7) is 4.12. The highest BCUT2D eigenvalue weighted by atomic mass is 16.5. The Morgan fingerprint density at radius 1 is 1.03 bits per heavy atom. The number of aromatic nitrogens is 2. The van der Waals surface area contributed by atoms with Crippen LogP contribution in [0.15, 0.2) is 69.4 Å². The van der Waals surface area contributed by atoms with Crippen LogP contribution in [0.4, 0.5) is 5.82 Å². The number of methoxy groups -OCH3 is 1. The number of rotatable bonds is 7. The summed E-state index contributed by atoms with van der Waals surface area (Å²) < 4.78 is 19.3. The molecule has 0 radical (unpaired) electrons. The molecule has 36 heavy (non-hydrogen) atoms. The van der Waals surface area contributed by atoms with Gasteiger partial charge in [0, 0.05) is 19.8 Å². The maximum Gasteiger partial charge on any atom is 0.337 e. The Bertz CT molecular complexity index is 1450. The van der Waals surface area contributed by atoms with Crippen molar-refractivity contribution in [2.75, 3.05) is 19.0 Å². The van der Waals surface area contributed by atoms with Crippen molar-refractivity contribution in [3.8, 4) is 11.5 Å². The number of ether oxygens (including phenoxy) is 3. The van der Waals surface area contributed by atoms with Gasteiger partial charge in [-0.2, -0.15) is 0 Å². The summed E-state index contributed by atoms with van der Waals surface area (Å²) >= 11 is 0. The Balaban J connectivity index is 1.89. The van der Waals surface area contributed by atoms with E-state index in [-0.39, 0.29) is 17.7 Å². The van der Waals surface area contributed by atoms with Crippen LogP contribution in [0.2, 0.25) is 0 Å². The van der Waals surface area contributed by atoms with Gasteiger partial charge < -0.3 is 19.5 Å². The fraction of sp³-hybridized carbons (Fsp3) is 0.296. The molecule has 1 aromatic heterocycles. The Labute approximate surface area is 208 Å². The van der Waals surface area contributed by atoms with E-state index in [4.69, 9.17) is 14.2 Å². The van der Waals surface area contributed by atoms with E-state index in [0.717, 1.165) is 10.1 Å². The molecule has 0 fully saturated rings. The van der Waals surface area contributed by atoms with Crippen LogP contribution >= 0.6 is 0 Å². The molecule has 0 saturated carbocycles. The van der Waals surface area contributed by atoms with Crippen LogP contribution in [0.5, 0.6) is 11.5 Å². The van der Waals surface area contributed by atoms with Crippen molar-refractivity contribution in [2.45, 2.75) is 26.4 Å². The quantitative estimate of drug-likeness (QED) is 0.507. The van der Waals surface area contributed by atoms with Gasteiger partial charge in [0.1, 0.15) is 12.4 Å². The second-order valence-corrected chi connectivity index (χ2v) is 8.47. The number of nitrogens with one attached hydrogen (secondary N) is 1. The number of nitrogens with zero attached hydrogens (tertiary/aromatic N) is 2. The molecule has 0 saturated heterocycles. The molecule has 0 aliphatic carbocycles. The van der Waals surface area contributed by atoms with Gasteiger partial charge >= 0.3 is 11.7 Å². The van der Waals surface area contributed by atoms with Gasteiger partial charge in [-0.05, 0) is 37.1 Å². The largest absolute Gasteiger partial charge is 0.493 e.